The van der Waals surface area contributed by atoms with Crippen LogP contribution in [0.2, 0.25) is 0 Å². The van der Waals surface area contributed by atoms with Gasteiger partial charge in [-0.15, -0.1) is 0 Å². The van der Waals surface area contributed by atoms with Gasteiger partial charge in [0.25, 0.3) is 0 Å². The number of rotatable bonds is 5. The molecular weight excluding hydrogens is 526 g/mol. The van der Waals surface area contributed by atoms with E-state index in [-0.39, 0.29) is 17.3 Å². The van der Waals surface area contributed by atoms with Gasteiger partial charge in [0.2, 0.25) is 0 Å². The molecule has 8 heteroatoms. The Balaban J connectivity index is 1.37. The summed E-state index contributed by atoms with van der Waals surface area (Å²) in [4.78, 5) is 4.16. The van der Waals surface area contributed by atoms with Crippen LogP contribution in [0.15, 0.2) is 64.8 Å². The highest BCUT2D eigenvalue weighted by molar-refractivity contribution is 5.55. The Morgan fingerprint density at radius 3 is 2.37 bits per heavy atom. The zero-order valence-corrected chi connectivity index (χ0v) is 25.2. The standard InChI is InChI=1S/C33H42F2N2O4/c1-20-23-19-28(30(2,3)4)37(22-12-16-39-17-13-22)25(23)10-9-24(34)29(20)36(7)31(5,38)33(14-15-33)21-8-11-26-27(18-21)41-32(6,35)40-26/h8-11,18-19,22,25,38H,12-17H2,1-7H3. The number of benzene rings is 1. The van der Waals surface area contributed by atoms with E-state index >= 15 is 4.39 Å². The van der Waals surface area contributed by atoms with E-state index in [1.165, 1.54) is 12.6 Å². The first-order valence-electron chi connectivity index (χ1n) is 14.7. The second-order valence-corrected chi connectivity index (χ2v) is 13.5. The lowest BCUT2D eigenvalue weighted by Crippen LogP contribution is -2.53. The van der Waals surface area contributed by atoms with Gasteiger partial charge in [0.15, 0.2) is 11.5 Å². The topological polar surface area (TPSA) is 54.4 Å². The average Bonchev–Trinajstić information content (AvgIpc) is 3.56. The maximum absolute atomic E-state index is 16.1. The van der Waals surface area contributed by atoms with Crippen molar-refractivity contribution in [3.05, 3.63) is 70.4 Å². The molecule has 3 unspecified atom stereocenters. The SMILES string of the molecule is CC1=C2C=C(C(C)(C)C)N(C3CCOCC3)C2C=CC(F)=C1N(C)C(C)(O)C1(c2ccc3c(c2)OC(C)(F)O3)CC1. The quantitative estimate of drug-likeness (QED) is 0.403. The number of nitrogens with zero attached hydrogens (tertiary/aromatic N) is 2. The Bertz CT molecular complexity index is 1370. The van der Waals surface area contributed by atoms with Crippen LogP contribution in [0.5, 0.6) is 11.5 Å². The lowest BCUT2D eigenvalue weighted by Gasteiger charge is -2.44. The molecule has 1 aromatic rings. The monoisotopic (exact) mass is 568 g/mol. The summed E-state index contributed by atoms with van der Waals surface area (Å²) >= 11 is 0. The Labute approximate surface area is 241 Å². The number of hydrogen-bond donors (Lipinski definition) is 1. The van der Waals surface area contributed by atoms with Crippen molar-refractivity contribution in [1.82, 2.24) is 9.80 Å². The number of alkyl halides is 1. The predicted octanol–water partition coefficient (Wildman–Crippen LogP) is 6.63. The largest absolute Gasteiger partial charge is 0.423 e. The third-order valence-electron chi connectivity index (χ3n) is 9.71. The fourth-order valence-electron chi connectivity index (χ4n) is 7.19. The van der Waals surface area contributed by atoms with Crippen molar-refractivity contribution in [3.8, 4) is 11.5 Å². The molecule has 3 atom stereocenters. The molecule has 41 heavy (non-hydrogen) atoms. The summed E-state index contributed by atoms with van der Waals surface area (Å²) in [5.74, 6) is 0.258. The zero-order valence-electron chi connectivity index (χ0n) is 25.2. The lowest BCUT2D eigenvalue weighted by atomic mass is 9.83. The molecular formula is C33H42F2N2O4. The summed E-state index contributed by atoms with van der Waals surface area (Å²) in [7, 11) is 1.76. The van der Waals surface area contributed by atoms with E-state index in [1.54, 1.807) is 37.1 Å². The van der Waals surface area contributed by atoms with Gasteiger partial charge in [0.1, 0.15) is 11.6 Å². The van der Waals surface area contributed by atoms with E-state index in [9.17, 15) is 9.50 Å². The van der Waals surface area contributed by atoms with Crippen molar-refractivity contribution in [3.63, 3.8) is 0 Å². The van der Waals surface area contributed by atoms with Crippen LogP contribution in [-0.4, -0.2) is 59.0 Å². The minimum atomic E-state index is -2.23. The molecule has 2 fully saturated rings. The normalized spacial score (nSPS) is 28.9. The van der Waals surface area contributed by atoms with Crippen LogP contribution in [-0.2, 0) is 10.2 Å². The van der Waals surface area contributed by atoms with Crippen LogP contribution in [0.4, 0.5) is 8.78 Å². The van der Waals surface area contributed by atoms with E-state index in [4.69, 9.17) is 14.2 Å². The van der Waals surface area contributed by atoms with Crippen molar-refractivity contribution < 1.29 is 28.1 Å². The highest BCUT2D eigenvalue weighted by Crippen LogP contribution is 2.59. The molecule has 0 bridgehead atoms. The van der Waals surface area contributed by atoms with Gasteiger partial charge >= 0.3 is 6.04 Å². The number of aliphatic hydroxyl groups is 1. The summed E-state index contributed by atoms with van der Waals surface area (Å²) < 4.78 is 46.7. The molecule has 5 aliphatic rings. The third kappa shape index (κ3) is 4.49. The van der Waals surface area contributed by atoms with Gasteiger partial charge in [-0.05, 0) is 80.5 Å². The lowest BCUT2D eigenvalue weighted by molar-refractivity contribution is -0.173. The molecule has 0 spiro atoms. The molecule has 2 aliphatic carbocycles. The van der Waals surface area contributed by atoms with Gasteiger partial charge in [0, 0.05) is 49.8 Å². The fourth-order valence-corrected chi connectivity index (χ4v) is 7.19. The first-order chi connectivity index (χ1) is 19.2. The fraction of sp³-hybridized carbons (Fsp3) is 0.576. The zero-order chi connectivity index (χ0) is 29.5. The molecule has 6 nitrogen and oxygen atoms in total. The molecule has 3 aliphatic heterocycles. The second kappa shape index (κ2) is 9.33. The van der Waals surface area contributed by atoms with Crippen LogP contribution < -0.4 is 9.47 Å². The van der Waals surface area contributed by atoms with Crippen LogP contribution in [0.1, 0.15) is 72.8 Å². The summed E-state index contributed by atoms with van der Waals surface area (Å²) in [5, 5.41) is 12.2. The van der Waals surface area contributed by atoms with Gasteiger partial charge in [-0.2, -0.15) is 4.39 Å². The summed E-state index contributed by atoms with van der Waals surface area (Å²) in [6.07, 6.45) is 9.03. The van der Waals surface area contributed by atoms with E-state index in [0.29, 0.717) is 36.1 Å². The van der Waals surface area contributed by atoms with E-state index < -0.39 is 17.2 Å². The Morgan fingerprint density at radius 2 is 1.73 bits per heavy atom. The number of halogens is 2. The highest BCUT2D eigenvalue weighted by Gasteiger charge is 2.60. The first-order valence-corrected chi connectivity index (χ1v) is 14.7. The molecule has 1 N–H and O–H groups in total. The van der Waals surface area contributed by atoms with Crippen LogP contribution in [0.3, 0.4) is 0 Å². The number of likely N-dealkylation sites (N-methyl/N-ethyl adjacent to an activating group) is 1. The number of fused-ring (bicyclic) bond motifs is 2. The number of ether oxygens (including phenoxy) is 3. The minimum absolute atomic E-state index is 0.0901. The van der Waals surface area contributed by atoms with Gasteiger partial charge in [-0.1, -0.05) is 32.9 Å². The Morgan fingerprint density at radius 1 is 1.07 bits per heavy atom. The number of hydrogen-bond acceptors (Lipinski definition) is 6. The molecule has 0 amide bonds. The molecule has 222 valence electrons. The minimum Gasteiger partial charge on any atom is -0.423 e. The van der Waals surface area contributed by atoms with Crippen molar-refractivity contribution >= 4 is 0 Å². The Hall–Kier alpha value is -2.84. The molecule has 0 radical (unpaired) electrons. The van der Waals surface area contributed by atoms with Crippen molar-refractivity contribution in [1.29, 1.82) is 0 Å². The summed E-state index contributed by atoms with van der Waals surface area (Å²) in [6, 6.07) is 3.27. The van der Waals surface area contributed by atoms with E-state index in [2.05, 4.69) is 31.7 Å². The average molecular weight is 569 g/mol. The molecule has 3 heterocycles. The third-order valence-corrected chi connectivity index (χ3v) is 9.71. The Kier molecular flexibility index (Phi) is 6.44. The molecule has 1 aromatic carbocycles. The summed E-state index contributed by atoms with van der Waals surface area (Å²) in [5.41, 5.74) is 2.07. The van der Waals surface area contributed by atoms with Gasteiger partial charge in [-0.3, -0.25) is 0 Å². The van der Waals surface area contributed by atoms with Gasteiger partial charge in [-0.25, -0.2) is 4.39 Å². The maximum Gasteiger partial charge on any atom is 0.404 e. The van der Waals surface area contributed by atoms with E-state index in [1.807, 2.05) is 19.1 Å². The van der Waals surface area contributed by atoms with Crippen LogP contribution in [0, 0.1) is 5.41 Å². The van der Waals surface area contributed by atoms with Crippen molar-refractivity contribution in [2.75, 3.05) is 20.3 Å². The van der Waals surface area contributed by atoms with Crippen LogP contribution >= 0.6 is 0 Å². The van der Waals surface area contributed by atoms with Crippen molar-refractivity contribution in [2.24, 2.45) is 5.41 Å². The molecule has 1 saturated carbocycles. The first kappa shape index (κ1) is 28.3. The maximum atomic E-state index is 16.1. The molecule has 0 aromatic heterocycles. The van der Waals surface area contributed by atoms with Gasteiger partial charge < -0.3 is 29.1 Å². The van der Waals surface area contributed by atoms with E-state index in [0.717, 1.165) is 42.8 Å². The smallest absolute Gasteiger partial charge is 0.404 e. The van der Waals surface area contributed by atoms with Gasteiger partial charge in [0.05, 0.1) is 11.7 Å². The molecule has 1 saturated heterocycles. The van der Waals surface area contributed by atoms with Crippen LogP contribution in [0.25, 0.3) is 0 Å². The summed E-state index contributed by atoms with van der Waals surface area (Å²) in [6.45, 7) is 13.0. The highest BCUT2D eigenvalue weighted by atomic mass is 19.2. The number of allylic oxidation sites excluding steroid dienone is 4. The predicted molar refractivity (Wildman–Crippen MR) is 153 cm³/mol. The van der Waals surface area contributed by atoms with Crippen molar-refractivity contribution in [2.45, 2.75) is 96.5 Å². The second-order valence-electron chi connectivity index (χ2n) is 13.5. The molecule has 6 rings (SSSR count).